The van der Waals surface area contributed by atoms with Crippen LogP contribution in [0.3, 0.4) is 0 Å². The van der Waals surface area contributed by atoms with E-state index in [9.17, 15) is 9.18 Å². The summed E-state index contributed by atoms with van der Waals surface area (Å²) in [6, 6.07) is 11.9. The molecule has 0 saturated heterocycles. The average Bonchev–Trinajstić information content (AvgIpc) is 2.61. The van der Waals surface area contributed by atoms with Crippen molar-refractivity contribution in [2.75, 3.05) is 7.05 Å². The number of halogens is 1. The number of benzene rings is 2. The third-order valence-corrected chi connectivity index (χ3v) is 3.89. The Kier molecular flexibility index (Phi) is 6.79. The summed E-state index contributed by atoms with van der Waals surface area (Å²) in [5.74, 6) is -0.190. The predicted octanol–water partition coefficient (Wildman–Crippen LogP) is 5.10. The second-order valence-electron chi connectivity index (χ2n) is 5.78. The summed E-state index contributed by atoms with van der Waals surface area (Å²) >= 11 is 0. The molecule has 2 aromatic rings. The Hall–Kier alpha value is -2.36. The first-order valence-electron chi connectivity index (χ1n) is 8.42. The summed E-state index contributed by atoms with van der Waals surface area (Å²) < 4.78 is 19.6. The Morgan fingerprint density at radius 1 is 1.08 bits per heavy atom. The zero-order chi connectivity index (χ0) is 17.4. The Morgan fingerprint density at radius 2 is 1.83 bits per heavy atom. The Morgan fingerprint density at radius 3 is 2.46 bits per heavy atom. The molecule has 0 fully saturated rings. The lowest BCUT2D eigenvalue weighted by molar-refractivity contribution is 0.0962. The monoisotopic (exact) mass is 329 g/mol. The van der Waals surface area contributed by atoms with Crippen molar-refractivity contribution in [2.24, 2.45) is 0 Å². The number of aryl methyl sites for hydroxylation is 1. The highest BCUT2D eigenvalue weighted by Crippen LogP contribution is 2.25. The fourth-order valence-electron chi connectivity index (χ4n) is 2.48. The van der Waals surface area contributed by atoms with Gasteiger partial charge in [0.05, 0.1) is 0 Å². The van der Waals surface area contributed by atoms with Crippen LogP contribution in [0, 0.1) is 5.82 Å². The van der Waals surface area contributed by atoms with Gasteiger partial charge < -0.3 is 10.1 Å². The zero-order valence-electron chi connectivity index (χ0n) is 14.3. The van der Waals surface area contributed by atoms with Crippen LogP contribution >= 0.6 is 0 Å². The van der Waals surface area contributed by atoms with Crippen molar-refractivity contribution in [3.8, 4) is 11.5 Å². The summed E-state index contributed by atoms with van der Waals surface area (Å²) in [5, 5.41) is 2.46. The van der Waals surface area contributed by atoms with Gasteiger partial charge in [0.15, 0.2) is 11.6 Å². The van der Waals surface area contributed by atoms with E-state index in [2.05, 4.69) is 12.2 Å². The maximum absolute atomic E-state index is 14.0. The molecule has 4 heteroatoms. The van der Waals surface area contributed by atoms with E-state index in [1.54, 1.807) is 6.07 Å². The van der Waals surface area contributed by atoms with Gasteiger partial charge in [-0.25, -0.2) is 4.39 Å². The van der Waals surface area contributed by atoms with Crippen LogP contribution in [0.5, 0.6) is 11.5 Å². The van der Waals surface area contributed by atoms with Crippen LogP contribution in [0.15, 0.2) is 42.5 Å². The second kappa shape index (κ2) is 9.06. The number of carbonyl (C=O) groups excluding carboxylic acids is 1. The van der Waals surface area contributed by atoms with Gasteiger partial charge in [0.1, 0.15) is 5.75 Å². The first-order valence-corrected chi connectivity index (χ1v) is 8.42. The number of carbonyl (C=O) groups is 1. The lowest BCUT2D eigenvalue weighted by Crippen LogP contribution is -2.17. The van der Waals surface area contributed by atoms with Crippen molar-refractivity contribution in [3.63, 3.8) is 0 Å². The van der Waals surface area contributed by atoms with Gasteiger partial charge in [-0.3, -0.25) is 4.79 Å². The maximum atomic E-state index is 14.0. The van der Waals surface area contributed by atoms with Gasteiger partial charge >= 0.3 is 0 Å². The maximum Gasteiger partial charge on any atom is 0.251 e. The second-order valence-corrected chi connectivity index (χ2v) is 5.78. The van der Waals surface area contributed by atoms with E-state index >= 15 is 0 Å². The van der Waals surface area contributed by atoms with Gasteiger partial charge in [0.2, 0.25) is 0 Å². The largest absolute Gasteiger partial charge is 0.454 e. The number of amides is 1. The van der Waals surface area contributed by atoms with Gasteiger partial charge in [-0.2, -0.15) is 0 Å². The smallest absolute Gasteiger partial charge is 0.251 e. The van der Waals surface area contributed by atoms with Gasteiger partial charge in [-0.05, 0) is 48.7 Å². The van der Waals surface area contributed by atoms with Crippen LogP contribution in [0.25, 0.3) is 0 Å². The molecule has 3 nitrogen and oxygen atoms in total. The Bertz CT molecular complexity index is 668. The van der Waals surface area contributed by atoms with Crippen molar-refractivity contribution in [3.05, 3.63) is 59.4 Å². The van der Waals surface area contributed by atoms with Crippen LogP contribution in [0.4, 0.5) is 4.39 Å². The molecule has 0 aliphatic carbocycles. The molecule has 0 aromatic heterocycles. The lowest BCUT2D eigenvalue weighted by atomic mass is 10.1. The highest BCUT2D eigenvalue weighted by molar-refractivity contribution is 5.94. The number of hydrogen-bond donors (Lipinski definition) is 1. The molecule has 1 N–H and O–H groups in total. The Labute approximate surface area is 142 Å². The number of rotatable bonds is 8. The molecule has 0 radical (unpaired) electrons. The number of ether oxygens (including phenoxy) is 1. The van der Waals surface area contributed by atoms with E-state index in [1.165, 1.54) is 50.4 Å². The minimum atomic E-state index is -0.556. The summed E-state index contributed by atoms with van der Waals surface area (Å²) in [6.07, 6.45) is 5.99. The summed E-state index contributed by atoms with van der Waals surface area (Å²) in [6.45, 7) is 2.20. The third kappa shape index (κ3) is 5.08. The first-order chi connectivity index (χ1) is 11.6. The standard InChI is InChI=1S/C20H24FNO2/c1-3-4-5-6-7-15-8-11-17(12-9-15)24-19-13-10-16(14-18(19)21)20(23)22-2/h8-14H,3-7H2,1-2H3,(H,22,23). The summed E-state index contributed by atoms with van der Waals surface area (Å²) in [7, 11) is 1.51. The topological polar surface area (TPSA) is 38.3 Å². The van der Waals surface area contributed by atoms with Crippen molar-refractivity contribution in [1.29, 1.82) is 0 Å². The fraction of sp³-hybridized carbons (Fsp3) is 0.350. The average molecular weight is 329 g/mol. The van der Waals surface area contributed by atoms with Crippen molar-refractivity contribution in [2.45, 2.75) is 39.0 Å². The molecule has 128 valence electrons. The van der Waals surface area contributed by atoms with Crippen LogP contribution in [-0.4, -0.2) is 13.0 Å². The van der Waals surface area contributed by atoms with E-state index in [-0.39, 0.29) is 17.2 Å². The molecule has 0 spiro atoms. The molecule has 0 saturated carbocycles. The molecule has 0 heterocycles. The van der Waals surface area contributed by atoms with Crippen molar-refractivity contribution in [1.82, 2.24) is 5.32 Å². The molecule has 1 amide bonds. The van der Waals surface area contributed by atoms with Gasteiger partial charge in [0, 0.05) is 12.6 Å². The Balaban J connectivity index is 1.97. The van der Waals surface area contributed by atoms with Gasteiger partial charge in [0.25, 0.3) is 5.91 Å². The predicted molar refractivity (Wildman–Crippen MR) is 94.2 cm³/mol. The van der Waals surface area contributed by atoms with E-state index < -0.39 is 5.82 Å². The number of hydrogen-bond acceptors (Lipinski definition) is 2. The first kappa shape index (κ1) is 18.0. The van der Waals surface area contributed by atoms with Crippen LogP contribution in [-0.2, 0) is 6.42 Å². The van der Waals surface area contributed by atoms with Crippen molar-refractivity contribution < 1.29 is 13.9 Å². The SMILES string of the molecule is CCCCCCc1ccc(Oc2ccc(C(=O)NC)cc2F)cc1. The summed E-state index contributed by atoms with van der Waals surface area (Å²) in [5.41, 5.74) is 1.53. The van der Waals surface area contributed by atoms with Gasteiger partial charge in [-0.15, -0.1) is 0 Å². The van der Waals surface area contributed by atoms with E-state index in [0.717, 1.165) is 6.42 Å². The molecule has 0 aliphatic rings. The molecule has 24 heavy (non-hydrogen) atoms. The molecule has 2 rings (SSSR count). The lowest BCUT2D eigenvalue weighted by Gasteiger charge is -2.09. The fourth-order valence-corrected chi connectivity index (χ4v) is 2.48. The minimum Gasteiger partial charge on any atom is -0.454 e. The molecule has 0 unspecified atom stereocenters. The minimum absolute atomic E-state index is 0.110. The molecular formula is C20H24FNO2. The highest BCUT2D eigenvalue weighted by Gasteiger charge is 2.10. The normalized spacial score (nSPS) is 10.5. The zero-order valence-corrected chi connectivity index (χ0v) is 14.3. The molecule has 0 atom stereocenters. The van der Waals surface area contributed by atoms with Crippen LogP contribution in [0.2, 0.25) is 0 Å². The highest BCUT2D eigenvalue weighted by atomic mass is 19.1. The van der Waals surface area contributed by atoms with E-state index in [0.29, 0.717) is 5.75 Å². The number of nitrogens with one attached hydrogen (secondary N) is 1. The number of unbranched alkanes of at least 4 members (excludes halogenated alkanes) is 3. The third-order valence-electron chi connectivity index (χ3n) is 3.89. The van der Waals surface area contributed by atoms with Crippen molar-refractivity contribution >= 4 is 5.91 Å². The molecule has 0 bridgehead atoms. The van der Waals surface area contributed by atoms with Crippen LogP contribution < -0.4 is 10.1 Å². The molecule has 2 aromatic carbocycles. The van der Waals surface area contributed by atoms with E-state index in [4.69, 9.17) is 4.74 Å². The summed E-state index contributed by atoms with van der Waals surface area (Å²) in [4.78, 5) is 11.5. The van der Waals surface area contributed by atoms with E-state index in [1.807, 2.05) is 24.3 Å². The van der Waals surface area contributed by atoms with Crippen LogP contribution in [0.1, 0.15) is 48.5 Å². The van der Waals surface area contributed by atoms with Gasteiger partial charge in [-0.1, -0.05) is 38.3 Å². The quantitative estimate of drug-likeness (QED) is 0.684. The molecule has 0 aliphatic heterocycles. The molecular weight excluding hydrogens is 305 g/mol.